The molecule has 11 aromatic carbocycles. The van der Waals surface area contributed by atoms with Crippen molar-refractivity contribution in [2.75, 3.05) is 0 Å². The highest BCUT2D eigenvalue weighted by Gasteiger charge is 2.51. The molecule has 0 N–H and O–H groups in total. The highest BCUT2D eigenvalue weighted by molar-refractivity contribution is 6.62. The number of hydrogen-bond donors (Lipinski definition) is 0. The lowest BCUT2D eigenvalue weighted by Gasteiger charge is -2.32. The van der Waals surface area contributed by atoms with Gasteiger partial charge in [0.1, 0.15) is 5.82 Å². The Morgan fingerprint density at radius 2 is 0.678 bits per heavy atom. The van der Waals surface area contributed by atoms with Crippen LogP contribution in [0.25, 0.3) is 149 Å². The molecule has 5 aromatic heterocycles. The Morgan fingerprint density at radius 3 is 1.18 bits per heavy atom. The third-order valence-corrected chi connectivity index (χ3v) is 18.1. The van der Waals surface area contributed by atoms with Crippen molar-refractivity contribution < 1.29 is 9.31 Å². The van der Waals surface area contributed by atoms with Gasteiger partial charge in [-0.15, -0.1) is 0 Å². The van der Waals surface area contributed by atoms with Crippen LogP contribution in [-0.4, -0.2) is 47.8 Å². The van der Waals surface area contributed by atoms with Crippen molar-refractivity contribution in [2.45, 2.75) is 38.9 Å². The maximum atomic E-state index is 6.28. The summed E-state index contributed by atoms with van der Waals surface area (Å²) in [6, 6.07) is 99.4. The van der Waals surface area contributed by atoms with Crippen molar-refractivity contribution in [1.82, 2.24) is 29.5 Å². The summed E-state index contributed by atoms with van der Waals surface area (Å²) in [5, 5.41) is 9.06. The standard InChI is InChI=1S/C47H30N4.C34H29BN2O2/c1-3-11-33(12-4-1)40-29-28-39-42(48-40)30-27-38-37-15-7-8-16-41(37)49-46(45(38)39)34-21-19-31(20-22-34)32-23-25-36(26-24-32)51-44-18-10-9-17-43(44)50-47(51)35-13-5-2-6-14-35;1-33(2)34(3,4)39-35(38-33)24-16-14-23(15-17-24)32-31-26(25-12-8-9-13-29(25)37-32)18-21-30-27(31)19-20-28(36-30)22-10-6-5-7-11-22/h1-30H;5-21H,1-4H3. The molecule has 1 fully saturated rings. The first-order valence-corrected chi connectivity index (χ1v) is 30.6. The van der Waals surface area contributed by atoms with Gasteiger partial charge in [-0.3, -0.25) is 4.57 Å². The topological polar surface area (TPSA) is 87.8 Å². The largest absolute Gasteiger partial charge is 0.494 e. The van der Waals surface area contributed by atoms with Crippen LogP contribution in [0.5, 0.6) is 0 Å². The van der Waals surface area contributed by atoms with Crippen molar-refractivity contribution in [3.05, 3.63) is 285 Å². The van der Waals surface area contributed by atoms with Crippen LogP contribution < -0.4 is 5.46 Å². The number of rotatable bonds is 8. The maximum Gasteiger partial charge on any atom is 0.494 e. The van der Waals surface area contributed by atoms with Crippen molar-refractivity contribution in [2.24, 2.45) is 0 Å². The van der Waals surface area contributed by atoms with E-state index in [0.29, 0.717) is 0 Å². The zero-order valence-corrected chi connectivity index (χ0v) is 50.2. The summed E-state index contributed by atoms with van der Waals surface area (Å²) < 4.78 is 14.8. The molecule has 8 nitrogen and oxygen atoms in total. The second-order valence-electron chi connectivity index (χ2n) is 24.1. The lowest BCUT2D eigenvalue weighted by Crippen LogP contribution is -2.41. The number of aromatic nitrogens is 6. The molecule has 428 valence electrons. The van der Waals surface area contributed by atoms with E-state index in [9.17, 15) is 0 Å². The molecule has 0 radical (unpaired) electrons. The number of fused-ring (bicyclic) bond motifs is 11. The van der Waals surface area contributed by atoms with E-state index in [2.05, 4.69) is 275 Å². The Labute approximate surface area is 521 Å². The second kappa shape index (κ2) is 22.0. The number of imidazole rings is 1. The van der Waals surface area contributed by atoms with Crippen molar-refractivity contribution >= 4 is 88.8 Å². The van der Waals surface area contributed by atoms with E-state index in [4.69, 9.17) is 34.2 Å². The first-order chi connectivity index (χ1) is 44.1. The SMILES string of the molecule is CC1(C)OB(c2ccc(-c3nc4ccccc4c4ccc5nc(-c6ccccc6)ccc5c34)cc2)OC1(C)C.c1ccc(-c2ccc3c(ccc4c5ccccc5nc(-c5ccc(-c6ccc(-n7c(-c8ccccc8)nc8ccccc87)cc6)cc5)c34)n2)cc1. The summed E-state index contributed by atoms with van der Waals surface area (Å²) >= 11 is 0. The number of pyridine rings is 4. The fraction of sp³-hybridized carbons (Fsp3) is 0.0741. The van der Waals surface area contributed by atoms with Crippen LogP contribution in [0.2, 0.25) is 0 Å². The Balaban J connectivity index is 0.000000150. The van der Waals surface area contributed by atoms with Gasteiger partial charge in [-0.25, -0.2) is 24.9 Å². The monoisotopic (exact) mass is 1160 g/mol. The van der Waals surface area contributed by atoms with Gasteiger partial charge in [0, 0.05) is 65.8 Å². The molecule has 0 bridgehead atoms. The molecule has 0 atom stereocenters. The number of benzene rings is 11. The van der Waals surface area contributed by atoms with Gasteiger partial charge in [0.25, 0.3) is 0 Å². The van der Waals surface area contributed by atoms with Crippen molar-refractivity contribution in [3.63, 3.8) is 0 Å². The summed E-state index contributed by atoms with van der Waals surface area (Å²) in [5.41, 5.74) is 18.8. The van der Waals surface area contributed by atoms with Gasteiger partial charge in [0.15, 0.2) is 0 Å². The van der Waals surface area contributed by atoms with Gasteiger partial charge in [-0.1, -0.05) is 212 Å². The lowest BCUT2D eigenvalue weighted by atomic mass is 9.78. The zero-order chi connectivity index (χ0) is 60.5. The molecule has 16 aromatic rings. The average Bonchev–Trinajstić information content (AvgIpc) is 1.13. The van der Waals surface area contributed by atoms with Crippen molar-refractivity contribution in [3.8, 4) is 73.2 Å². The van der Waals surface area contributed by atoms with E-state index in [-0.39, 0.29) is 11.2 Å². The summed E-state index contributed by atoms with van der Waals surface area (Å²) in [7, 11) is -0.396. The molecule has 6 heterocycles. The van der Waals surface area contributed by atoms with Crippen LogP contribution >= 0.6 is 0 Å². The minimum atomic E-state index is -0.396. The summed E-state index contributed by atoms with van der Waals surface area (Å²) in [6.45, 7) is 8.31. The minimum absolute atomic E-state index is 0.378. The fourth-order valence-corrected chi connectivity index (χ4v) is 12.7. The summed E-state index contributed by atoms with van der Waals surface area (Å²) in [6.07, 6.45) is 0. The second-order valence-corrected chi connectivity index (χ2v) is 24.1. The molecule has 9 heteroatoms. The van der Waals surface area contributed by atoms with Crippen LogP contribution in [0.15, 0.2) is 285 Å². The number of hydrogen-bond acceptors (Lipinski definition) is 7. The summed E-state index contributed by atoms with van der Waals surface area (Å²) in [5.74, 6) is 0.933. The third-order valence-electron chi connectivity index (χ3n) is 18.1. The van der Waals surface area contributed by atoms with Crippen LogP contribution in [0.3, 0.4) is 0 Å². The Hall–Kier alpha value is -11.0. The Kier molecular flexibility index (Phi) is 13.3. The van der Waals surface area contributed by atoms with E-state index >= 15 is 0 Å². The molecule has 1 aliphatic heterocycles. The lowest BCUT2D eigenvalue weighted by molar-refractivity contribution is 0.00578. The molecule has 1 saturated heterocycles. The van der Waals surface area contributed by atoms with Crippen LogP contribution in [-0.2, 0) is 9.31 Å². The molecule has 0 unspecified atom stereocenters. The number of nitrogens with zero attached hydrogens (tertiary/aromatic N) is 6. The van der Waals surface area contributed by atoms with Gasteiger partial charge < -0.3 is 9.31 Å². The van der Waals surface area contributed by atoms with E-state index in [1.165, 1.54) is 10.8 Å². The van der Waals surface area contributed by atoms with E-state index in [1.54, 1.807) is 0 Å². The molecule has 90 heavy (non-hydrogen) atoms. The highest BCUT2D eigenvalue weighted by atomic mass is 16.7. The molecule has 1 aliphatic rings. The fourth-order valence-electron chi connectivity index (χ4n) is 12.7. The van der Waals surface area contributed by atoms with Gasteiger partial charge in [0.05, 0.1) is 67.1 Å². The quantitative estimate of drug-likeness (QED) is 0.111. The molecule has 17 rings (SSSR count). The summed E-state index contributed by atoms with van der Waals surface area (Å²) in [4.78, 5) is 25.6. The Bertz CT molecular complexity index is 5390. The molecule has 0 amide bonds. The predicted molar refractivity (Wildman–Crippen MR) is 372 cm³/mol. The average molecular weight is 1160 g/mol. The Morgan fingerprint density at radius 1 is 0.289 bits per heavy atom. The van der Waals surface area contributed by atoms with Gasteiger partial charge >= 0.3 is 7.12 Å². The van der Waals surface area contributed by atoms with Crippen LogP contribution in [0.1, 0.15) is 27.7 Å². The molecular formula is C81H59BN6O2. The molecule has 0 aliphatic carbocycles. The van der Waals surface area contributed by atoms with E-state index in [0.717, 1.165) is 144 Å². The minimum Gasteiger partial charge on any atom is -0.399 e. The molecule has 0 saturated carbocycles. The first kappa shape index (κ1) is 54.4. The van der Waals surface area contributed by atoms with Crippen molar-refractivity contribution in [1.29, 1.82) is 0 Å². The van der Waals surface area contributed by atoms with Crippen LogP contribution in [0.4, 0.5) is 0 Å². The third kappa shape index (κ3) is 9.63. The van der Waals surface area contributed by atoms with E-state index in [1.807, 2.05) is 42.5 Å². The highest BCUT2D eigenvalue weighted by Crippen LogP contribution is 2.42. The van der Waals surface area contributed by atoms with E-state index < -0.39 is 7.12 Å². The molecule has 0 spiro atoms. The molecular weight excluding hydrogens is 1100 g/mol. The smallest absolute Gasteiger partial charge is 0.399 e. The number of para-hydroxylation sites is 4. The van der Waals surface area contributed by atoms with Gasteiger partial charge in [-0.05, 0) is 128 Å². The predicted octanol–water partition coefficient (Wildman–Crippen LogP) is 19.5. The first-order valence-electron chi connectivity index (χ1n) is 30.6. The van der Waals surface area contributed by atoms with Crippen LogP contribution in [0, 0.1) is 0 Å². The normalized spacial score (nSPS) is 13.6. The van der Waals surface area contributed by atoms with Gasteiger partial charge in [-0.2, -0.15) is 0 Å². The zero-order valence-electron chi connectivity index (χ0n) is 50.2. The maximum absolute atomic E-state index is 6.28. The van der Waals surface area contributed by atoms with Gasteiger partial charge in [0.2, 0.25) is 0 Å².